The second kappa shape index (κ2) is 21.8. The van der Waals surface area contributed by atoms with Crippen molar-refractivity contribution in [2.24, 2.45) is 0 Å². The van der Waals surface area contributed by atoms with Crippen LogP contribution in [0.5, 0.6) is 0 Å². The van der Waals surface area contributed by atoms with Crippen molar-refractivity contribution in [3.8, 4) is 33.4 Å². The van der Waals surface area contributed by atoms with Crippen LogP contribution in [0.15, 0.2) is 182 Å². The van der Waals surface area contributed by atoms with Crippen LogP contribution < -0.4 is 15.3 Å². The van der Waals surface area contributed by atoms with Gasteiger partial charge in [0.25, 0.3) is 0 Å². The Morgan fingerprint density at radius 3 is 0.692 bits per heavy atom. The van der Waals surface area contributed by atoms with Gasteiger partial charge in [0.2, 0.25) is 0 Å². The van der Waals surface area contributed by atoms with Crippen LogP contribution in [0.2, 0.25) is 0 Å². The molecule has 6 rings (SSSR count). The number of carboxylic acid groups (broad SMARTS) is 3. The van der Waals surface area contributed by atoms with Gasteiger partial charge < -0.3 is 29.7 Å². The van der Waals surface area contributed by atoms with Gasteiger partial charge in [-0.25, -0.2) is 0 Å². The molecule has 6 aromatic carbocycles. The molecular formula is C45H33BiO6. The van der Waals surface area contributed by atoms with E-state index in [4.69, 9.17) is 0 Å². The summed E-state index contributed by atoms with van der Waals surface area (Å²) >= 11 is 0. The second-order valence-electron chi connectivity index (χ2n) is 10.9. The summed E-state index contributed by atoms with van der Waals surface area (Å²) in [5.41, 5.74) is 9.27. The Morgan fingerprint density at radius 2 is 0.500 bits per heavy atom. The normalized spacial score (nSPS) is 10.4. The molecule has 0 amide bonds. The van der Waals surface area contributed by atoms with Crippen molar-refractivity contribution in [3.05, 3.63) is 199 Å². The number of carbonyl (C=O) groups is 3. The van der Waals surface area contributed by atoms with E-state index in [1.807, 2.05) is 164 Å². The molecule has 254 valence electrons. The molecule has 0 heterocycles. The summed E-state index contributed by atoms with van der Waals surface area (Å²) < 4.78 is 0. The largest absolute Gasteiger partial charge is 3.00 e. The van der Waals surface area contributed by atoms with Crippen LogP contribution in [0, 0.1) is 0 Å². The predicted octanol–water partition coefficient (Wildman–Crippen LogP) is 5.97. The van der Waals surface area contributed by atoms with Crippen molar-refractivity contribution in [3.63, 3.8) is 0 Å². The Labute approximate surface area is 322 Å². The zero-order valence-electron chi connectivity index (χ0n) is 27.9. The smallest absolute Gasteiger partial charge is 0.545 e. The Morgan fingerprint density at radius 1 is 0.308 bits per heavy atom. The topological polar surface area (TPSA) is 120 Å². The molecule has 0 bridgehead atoms. The monoisotopic (exact) mass is 878 g/mol. The van der Waals surface area contributed by atoms with Crippen LogP contribution in [0.1, 0.15) is 16.7 Å². The number of rotatable bonds is 9. The van der Waals surface area contributed by atoms with Gasteiger partial charge in [-0.2, -0.15) is 0 Å². The first kappa shape index (κ1) is 40.3. The summed E-state index contributed by atoms with van der Waals surface area (Å²) in [6.07, 6.45) is 7.63. The van der Waals surface area contributed by atoms with E-state index in [1.54, 1.807) is 0 Å². The molecule has 6 aromatic rings. The molecule has 0 unspecified atom stereocenters. The number of hydrogen-bond donors (Lipinski definition) is 0. The van der Waals surface area contributed by atoms with Crippen molar-refractivity contribution in [2.75, 3.05) is 0 Å². The molecule has 0 aliphatic carbocycles. The van der Waals surface area contributed by atoms with E-state index in [2.05, 4.69) is 0 Å². The summed E-state index contributed by atoms with van der Waals surface area (Å²) in [6.45, 7) is 0. The minimum absolute atomic E-state index is 0. The Bertz CT molecular complexity index is 1830. The molecule has 52 heavy (non-hydrogen) atoms. The fourth-order valence-electron chi connectivity index (χ4n) is 4.74. The van der Waals surface area contributed by atoms with Crippen LogP contribution in [-0.2, 0) is 14.4 Å². The van der Waals surface area contributed by atoms with Gasteiger partial charge in [-0.05, 0) is 68.3 Å². The van der Waals surface area contributed by atoms with E-state index in [0.29, 0.717) is 0 Å². The third kappa shape index (κ3) is 14.4. The zero-order chi connectivity index (χ0) is 36.3. The first-order valence-electron chi connectivity index (χ1n) is 15.9. The SMILES string of the molecule is O=C([O-])C=Cc1ccc(-c2ccccc2)cc1.O=C([O-])C=Cc1ccc(-c2ccccc2)cc1.O=C([O-])C=Cc1ccc(-c2ccccc2)cc1.[Bi+3]. The van der Waals surface area contributed by atoms with Gasteiger partial charge in [0, 0.05) is 0 Å². The molecule has 0 aromatic heterocycles. The number of hydrogen-bond acceptors (Lipinski definition) is 6. The molecule has 2 radical (unpaired) electrons. The zero-order valence-corrected chi connectivity index (χ0v) is 31.4. The van der Waals surface area contributed by atoms with Crippen molar-refractivity contribution in [2.45, 2.75) is 0 Å². The van der Waals surface area contributed by atoms with E-state index in [0.717, 1.165) is 68.3 Å². The van der Waals surface area contributed by atoms with E-state index < -0.39 is 17.9 Å². The maximum Gasteiger partial charge on any atom is 3.00 e. The first-order chi connectivity index (χ1) is 24.8. The molecular weight excluding hydrogens is 845 g/mol. The Kier molecular flexibility index (Phi) is 16.9. The maximum atomic E-state index is 10.3. The van der Waals surface area contributed by atoms with Crippen LogP contribution in [-0.4, -0.2) is 44.1 Å². The van der Waals surface area contributed by atoms with E-state index >= 15 is 0 Å². The molecule has 0 saturated carbocycles. The van der Waals surface area contributed by atoms with Gasteiger partial charge in [0.1, 0.15) is 0 Å². The van der Waals surface area contributed by atoms with Crippen molar-refractivity contribution in [1.82, 2.24) is 0 Å². The summed E-state index contributed by atoms with van der Waals surface area (Å²) in [6, 6.07) is 53.1. The van der Waals surface area contributed by atoms with Crippen molar-refractivity contribution >= 4 is 62.3 Å². The Balaban J connectivity index is 0.000000208. The average molecular weight is 879 g/mol. The van der Waals surface area contributed by atoms with E-state index in [1.165, 1.54) is 18.2 Å². The summed E-state index contributed by atoms with van der Waals surface area (Å²) in [5, 5.41) is 30.8. The van der Waals surface area contributed by atoms with Gasteiger partial charge in [0.15, 0.2) is 0 Å². The summed E-state index contributed by atoms with van der Waals surface area (Å²) in [4.78, 5) is 30.8. The minimum atomic E-state index is -1.18. The number of carbonyl (C=O) groups excluding carboxylic acids is 3. The third-order valence-electron chi connectivity index (χ3n) is 7.29. The first-order valence-corrected chi connectivity index (χ1v) is 15.9. The molecule has 0 aliphatic rings. The van der Waals surface area contributed by atoms with Crippen molar-refractivity contribution in [1.29, 1.82) is 0 Å². The number of benzene rings is 6. The number of aliphatic carboxylic acids is 3. The van der Waals surface area contributed by atoms with Gasteiger partial charge in [-0.1, -0.05) is 182 Å². The van der Waals surface area contributed by atoms with Gasteiger partial charge in [0.05, 0.1) is 17.9 Å². The molecule has 7 heteroatoms. The third-order valence-corrected chi connectivity index (χ3v) is 7.29. The molecule has 0 spiro atoms. The fraction of sp³-hybridized carbons (Fsp3) is 0. The Hall–Kier alpha value is -6.17. The van der Waals surface area contributed by atoms with Gasteiger partial charge >= 0.3 is 26.2 Å². The van der Waals surface area contributed by atoms with Gasteiger partial charge in [-0.15, -0.1) is 0 Å². The fourth-order valence-corrected chi connectivity index (χ4v) is 4.74. The van der Waals surface area contributed by atoms with Crippen LogP contribution >= 0.6 is 0 Å². The minimum Gasteiger partial charge on any atom is -0.545 e. The predicted molar refractivity (Wildman–Crippen MR) is 204 cm³/mol. The van der Waals surface area contributed by atoms with E-state index in [-0.39, 0.29) is 26.2 Å². The molecule has 0 saturated heterocycles. The average Bonchev–Trinajstić information content (AvgIpc) is 3.17. The number of carboxylic acids is 3. The molecule has 0 N–H and O–H groups in total. The van der Waals surface area contributed by atoms with Crippen LogP contribution in [0.25, 0.3) is 51.6 Å². The second-order valence-corrected chi connectivity index (χ2v) is 10.9. The molecule has 0 atom stereocenters. The maximum absolute atomic E-state index is 10.3. The van der Waals surface area contributed by atoms with E-state index in [9.17, 15) is 29.7 Å². The molecule has 0 aliphatic heterocycles. The molecule has 6 nitrogen and oxygen atoms in total. The standard InChI is InChI=1S/3C15H12O2.Bi/c3*16-15(17)11-8-12-6-9-14(10-7-12)13-4-2-1-3-5-13;/h3*1-11H,(H,16,17);/q;;;+3/p-3. The van der Waals surface area contributed by atoms with Crippen molar-refractivity contribution < 1.29 is 29.7 Å². The molecule has 0 fully saturated rings. The van der Waals surface area contributed by atoms with Crippen LogP contribution in [0.4, 0.5) is 0 Å². The summed E-state index contributed by atoms with van der Waals surface area (Å²) in [7, 11) is 0. The van der Waals surface area contributed by atoms with Gasteiger partial charge in [-0.3, -0.25) is 0 Å². The quantitative estimate of drug-likeness (QED) is 0.131. The van der Waals surface area contributed by atoms with Crippen LogP contribution in [0.3, 0.4) is 0 Å². The summed E-state index contributed by atoms with van der Waals surface area (Å²) in [5.74, 6) is -3.55.